The highest BCUT2D eigenvalue weighted by atomic mass is 16.5. The van der Waals surface area contributed by atoms with E-state index in [9.17, 15) is 14.7 Å². The van der Waals surface area contributed by atoms with Crippen LogP contribution in [0.2, 0.25) is 0 Å². The number of aliphatic carboxylic acids is 2. The molecule has 7 N–H and O–H groups in total. The second-order valence-electron chi connectivity index (χ2n) is 6.29. The predicted octanol–water partition coefficient (Wildman–Crippen LogP) is -0.217. The molecule has 0 aliphatic heterocycles. The number of hydrogen-bond donors (Lipinski definition) is 7. The summed E-state index contributed by atoms with van der Waals surface area (Å²) in [6.07, 6.45) is -3.15. The van der Waals surface area contributed by atoms with Crippen molar-refractivity contribution in [1.29, 1.82) is 0 Å². The van der Waals surface area contributed by atoms with Crippen molar-refractivity contribution in [2.75, 3.05) is 13.2 Å². The predicted molar refractivity (Wildman–Crippen MR) is 100 cm³/mol. The first-order chi connectivity index (χ1) is 13.1. The Balaban J connectivity index is 0.000000336. The van der Waals surface area contributed by atoms with Crippen molar-refractivity contribution < 1.29 is 39.9 Å². The Hall–Kier alpha value is -2.66. The number of carboxylic acids is 2. The number of nitrogens with one attached hydrogen (secondary N) is 2. The van der Waals surface area contributed by atoms with Crippen LogP contribution in [0.3, 0.4) is 0 Å². The van der Waals surface area contributed by atoms with Crippen LogP contribution in [-0.4, -0.2) is 80.0 Å². The van der Waals surface area contributed by atoms with E-state index < -0.39 is 30.3 Å². The summed E-state index contributed by atoms with van der Waals surface area (Å²) < 4.78 is 5.66. The number of aliphatic hydroxyl groups excluding tert-OH is 3. The van der Waals surface area contributed by atoms with Gasteiger partial charge in [0.05, 0.1) is 0 Å². The number of ether oxygens (including phenoxy) is 1. The Bertz CT molecular complexity index is 743. The van der Waals surface area contributed by atoms with E-state index in [0.717, 1.165) is 16.7 Å². The molecular weight excluding hydrogens is 372 g/mol. The maximum atomic E-state index is 9.79. The third-order valence-electron chi connectivity index (χ3n) is 3.55. The van der Waals surface area contributed by atoms with E-state index in [0.29, 0.717) is 19.2 Å². The number of aromatic nitrogens is 1. The van der Waals surface area contributed by atoms with Crippen molar-refractivity contribution in [1.82, 2.24) is 10.3 Å². The van der Waals surface area contributed by atoms with E-state index in [4.69, 9.17) is 25.2 Å². The summed E-state index contributed by atoms with van der Waals surface area (Å²) in [6.45, 7) is 4.94. The van der Waals surface area contributed by atoms with Crippen LogP contribution in [0.4, 0.5) is 0 Å². The number of aromatic amines is 1. The van der Waals surface area contributed by atoms with E-state index in [1.807, 2.05) is 44.3 Å². The van der Waals surface area contributed by atoms with Crippen molar-refractivity contribution in [3.05, 3.63) is 30.5 Å². The lowest BCUT2D eigenvalue weighted by Crippen LogP contribution is -2.39. The van der Waals surface area contributed by atoms with E-state index in [-0.39, 0.29) is 0 Å². The SMILES string of the molecule is CC(C)NCC(O)COc1cccc2[nH]ccc12.O=C(O)[C@H](O)[C@@H](O)C(=O)O. The van der Waals surface area contributed by atoms with E-state index >= 15 is 0 Å². The Morgan fingerprint density at radius 3 is 2.21 bits per heavy atom. The number of aliphatic hydroxyl groups is 3. The normalized spacial score (nSPS) is 14.1. The molecule has 10 nitrogen and oxygen atoms in total. The van der Waals surface area contributed by atoms with Crippen molar-refractivity contribution in [3.8, 4) is 5.75 Å². The zero-order valence-corrected chi connectivity index (χ0v) is 15.6. The lowest BCUT2D eigenvalue weighted by atomic mass is 10.2. The standard InChI is InChI=1S/C14H20N2O2.C4H6O6/c1-10(2)16-8-11(17)9-18-14-5-3-4-13-12(14)6-7-15-13;5-1(3(7)8)2(6)4(9)10/h3-7,10-11,15-17H,8-9H2,1-2H3;1-2,5-6H,(H,7,8)(H,9,10)/t;1-,2-/m.1/s1. The Labute approximate surface area is 161 Å². The zero-order valence-electron chi connectivity index (χ0n) is 15.6. The van der Waals surface area contributed by atoms with Gasteiger partial charge in [-0.3, -0.25) is 0 Å². The van der Waals surface area contributed by atoms with Gasteiger partial charge in [-0.1, -0.05) is 19.9 Å². The van der Waals surface area contributed by atoms with Crippen LogP contribution in [0, 0.1) is 0 Å². The van der Waals surface area contributed by atoms with Gasteiger partial charge in [-0.2, -0.15) is 0 Å². The van der Waals surface area contributed by atoms with Crippen LogP contribution >= 0.6 is 0 Å². The van der Waals surface area contributed by atoms with Gasteiger partial charge in [-0.05, 0) is 18.2 Å². The van der Waals surface area contributed by atoms with Crippen molar-refractivity contribution in [3.63, 3.8) is 0 Å². The Kier molecular flexibility index (Phi) is 9.39. The number of rotatable bonds is 9. The lowest BCUT2D eigenvalue weighted by molar-refractivity contribution is -0.165. The second-order valence-corrected chi connectivity index (χ2v) is 6.29. The highest BCUT2D eigenvalue weighted by molar-refractivity contribution is 5.85. The third kappa shape index (κ3) is 7.53. The van der Waals surface area contributed by atoms with Crippen molar-refractivity contribution in [2.45, 2.75) is 38.2 Å². The quantitative estimate of drug-likeness (QED) is 0.301. The van der Waals surface area contributed by atoms with Crippen molar-refractivity contribution >= 4 is 22.8 Å². The van der Waals surface area contributed by atoms with Gasteiger partial charge in [0, 0.05) is 29.7 Å². The van der Waals surface area contributed by atoms with Gasteiger partial charge >= 0.3 is 11.9 Å². The summed E-state index contributed by atoms with van der Waals surface area (Å²) in [5.41, 5.74) is 1.04. The van der Waals surface area contributed by atoms with Crippen LogP contribution in [0.25, 0.3) is 10.9 Å². The van der Waals surface area contributed by atoms with E-state index in [2.05, 4.69) is 10.3 Å². The summed E-state index contributed by atoms with van der Waals surface area (Å²) in [4.78, 5) is 22.7. The highest BCUT2D eigenvalue weighted by Gasteiger charge is 2.29. The van der Waals surface area contributed by atoms with Crippen LogP contribution in [0.1, 0.15) is 13.8 Å². The molecule has 0 fully saturated rings. The number of H-pyrrole nitrogens is 1. The summed E-state index contributed by atoms with van der Waals surface area (Å²) in [6, 6.07) is 8.20. The third-order valence-corrected chi connectivity index (χ3v) is 3.55. The Morgan fingerprint density at radius 1 is 1.07 bits per heavy atom. The summed E-state index contributed by atoms with van der Waals surface area (Å²) >= 11 is 0. The summed E-state index contributed by atoms with van der Waals surface area (Å²) in [7, 11) is 0. The molecule has 0 amide bonds. The molecule has 0 bridgehead atoms. The summed E-state index contributed by atoms with van der Waals surface area (Å²) in [5, 5.41) is 46.5. The van der Waals surface area contributed by atoms with Gasteiger partial charge in [0.15, 0.2) is 12.2 Å². The van der Waals surface area contributed by atoms with Crippen LogP contribution in [0.15, 0.2) is 30.5 Å². The molecule has 2 rings (SSSR count). The molecule has 0 spiro atoms. The molecular formula is C18H26N2O8. The fourth-order valence-electron chi connectivity index (χ4n) is 2.07. The fourth-order valence-corrected chi connectivity index (χ4v) is 2.07. The van der Waals surface area contributed by atoms with Gasteiger partial charge in [-0.25, -0.2) is 9.59 Å². The van der Waals surface area contributed by atoms with Crippen LogP contribution in [-0.2, 0) is 9.59 Å². The lowest BCUT2D eigenvalue weighted by Gasteiger charge is -2.15. The van der Waals surface area contributed by atoms with E-state index in [1.54, 1.807) is 0 Å². The average molecular weight is 398 g/mol. The van der Waals surface area contributed by atoms with Gasteiger partial charge < -0.3 is 40.6 Å². The molecule has 0 saturated heterocycles. The fraction of sp³-hybridized carbons (Fsp3) is 0.444. The van der Waals surface area contributed by atoms with Gasteiger partial charge in [0.2, 0.25) is 0 Å². The molecule has 1 heterocycles. The number of fused-ring (bicyclic) bond motifs is 1. The number of carbonyl (C=O) groups is 2. The molecule has 0 aliphatic carbocycles. The van der Waals surface area contributed by atoms with Gasteiger partial charge in [-0.15, -0.1) is 0 Å². The molecule has 1 unspecified atom stereocenters. The minimum Gasteiger partial charge on any atom is -0.490 e. The summed E-state index contributed by atoms with van der Waals surface area (Å²) in [5.74, 6) is -2.73. The Morgan fingerprint density at radius 2 is 1.68 bits per heavy atom. The largest absolute Gasteiger partial charge is 0.490 e. The van der Waals surface area contributed by atoms with Crippen molar-refractivity contribution in [2.24, 2.45) is 0 Å². The maximum Gasteiger partial charge on any atom is 0.335 e. The van der Waals surface area contributed by atoms with E-state index in [1.165, 1.54) is 0 Å². The molecule has 28 heavy (non-hydrogen) atoms. The zero-order chi connectivity index (χ0) is 21.3. The first kappa shape index (κ1) is 23.4. The first-order valence-corrected chi connectivity index (χ1v) is 8.55. The average Bonchev–Trinajstić information content (AvgIpc) is 3.13. The van der Waals surface area contributed by atoms with Gasteiger partial charge in [0.25, 0.3) is 0 Å². The number of benzene rings is 1. The highest BCUT2D eigenvalue weighted by Crippen LogP contribution is 2.24. The molecule has 156 valence electrons. The monoisotopic (exact) mass is 398 g/mol. The minimum absolute atomic E-state index is 0.296. The molecule has 10 heteroatoms. The first-order valence-electron chi connectivity index (χ1n) is 8.55. The number of carboxylic acid groups (broad SMARTS) is 2. The molecule has 1 aromatic heterocycles. The smallest absolute Gasteiger partial charge is 0.335 e. The minimum atomic E-state index is -2.27. The molecule has 0 saturated carbocycles. The molecule has 3 atom stereocenters. The maximum absolute atomic E-state index is 9.79. The molecule has 0 radical (unpaired) electrons. The molecule has 1 aromatic carbocycles. The molecule has 0 aliphatic rings. The van der Waals surface area contributed by atoms with Crippen LogP contribution < -0.4 is 10.1 Å². The topological polar surface area (TPSA) is 172 Å². The second kappa shape index (κ2) is 11.2. The van der Waals surface area contributed by atoms with Gasteiger partial charge in [0.1, 0.15) is 18.5 Å². The number of hydrogen-bond acceptors (Lipinski definition) is 7. The van der Waals surface area contributed by atoms with Crippen LogP contribution in [0.5, 0.6) is 5.75 Å². The molecule has 2 aromatic rings.